The zero-order valence-electron chi connectivity index (χ0n) is 15.0. The molecule has 3 aromatic carbocycles. The molecule has 0 spiro atoms. The third-order valence-corrected chi connectivity index (χ3v) is 4.07. The number of rotatable bonds is 3. The van der Waals surface area contributed by atoms with Crippen LogP contribution in [0.15, 0.2) is 107 Å². The van der Waals surface area contributed by atoms with Crippen LogP contribution in [0.25, 0.3) is 27.9 Å². The summed E-state index contributed by atoms with van der Waals surface area (Å²) in [6.07, 6.45) is 0. The highest BCUT2D eigenvalue weighted by molar-refractivity contribution is 6.14. The molecule has 0 radical (unpaired) electrons. The van der Waals surface area contributed by atoms with Crippen molar-refractivity contribution < 1.29 is 14.3 Å². The number of hydrogen-bond acceptors (Lipinski definition) is 3. The van der Waals surface area contributed by atoms with E-state index in [2.05, 4.69) is 6.58 Å². The zero-order valence-corrected chi connectivity index (χ0v) is 15.0. The molecule has 1 N–H and O–H groups in total. The van der Waals surface area contributed by atoms with Crippen LogP contribution >= 0.6 is 0 Å². The van der Waals surface area contributed by atoms with Crippen molar-refractivity contribution in [2.24, 2.45) is 0 Å². The first-order valence-corrected chi connectivity index (χ1v) is 8.62. The van der Waals surface area contributed by atoms with Crippen LogP contribution in [0.1, 0.15) is 5.56 Å². The van der Waals surface area contributed by atoms with E-state index in [4.69, 9.17) is 9.52 Å². The molecule has 0 saturated carbocycles. The van der Waals surface area contributed by atoms with Crippen molar-refractivity contribution in [2.45, 2.75) is 0 Å². The molecule has 0 aliphatic heterocycles. The Labute approximate surface area is 162 Å². The van der Waals surface area contributed by atoms with Crippen molar-refractivity contribution in [1.29, 1.82) is 0 Å². The van der Waals surface area contributed by atoms with Crippen LogP contribution in [-0.4, -0.2) is 11.1 Å². The zero-order chi connectivity index (χ0) is 19.9. The van der Waals surface area contributed by atoms with E-state index in [0.29, 0.717) is 22.3 Å². The molecule has 0 aliphatic carbocycles. The molecular weight excluding hydrogens is 352 g/mol. The minimum atomic E-state index is -0.976. The molecule has 0 aliphatic rings. The molecule has 0 bridgehead atoms. The van der Waals surface area contributed by atoms with Crippen LogP contribution < -0.4 is 5.43 Å². The van der Waals surface area contributed by atoms with E-state index in [9.17, 15) is 9.59 Å². The lowest BCUT2D eigenvalue weighted by molar-refractivity contribution is -0.130. The van der Waals surface area contributed by atoms with E-state index in [1.54, 1.807) is 30.3 Å². The molecule has 4 heteroatoms. The Morgan fingerprint density at radius 1 is 0.821 bits per heavy atom. The van der Waals surface area contributed by atoms with Gasteiger partial charge in [-0.05, 0) is 17.7 Å². The molecule has 0 amide bonds. The van der Waals surface area contributed by atoms with Gasteiger partial charge in [0, 0.05) is 11.6 Å². The normalized spacial score (nSPS) is 10.0. The van der Waals surface area contributed by atoms with Crippen molar-refractivity contribution in [1.82, 2.24) is 0 Å². The van der Waals surface area contributed by atoms with Crippen LogP contribution in [0, 0.1) is 0 Å². The predicted molar refractivity (Wildman–Crippen MR) is 111 cm³/mol. The largest absolute Gasteiger partial charge is 0.478 e. The van der Waals surface area contributed by atoms with Gasteiger partial charge in [-0.2, -0.15) is 0 Å². The number of carboxylic acids is 1. The minimum absolute atomic E-state index is 0.00861. The van der Waals surface area contributed by atoms with Gasteiger partial charge < -0.3 is 9.52 Å². The molecule has 1 aromatic heterocycles. The van der Waals surface area contributed by atoms with E-state index >= 15 is 0 Å². The second-order valence-corrected chi connectivity index (χ2v) is 5.99. The number of benzene rings is 3. The van der Waals surface area contributed by atoms with Gasteiger partial charge in [-0.1, -0.05) is 79.4 Å². The monoisotopic (exact) mass is 370 g/mol. The van der Waals surface area contributed by atoms with Gasteiger partial charge in [-0.3, -0.25) is 4.79 Å². The summed E-state index contributed by atoms with van der Waals surface area (Å²) in [5.41, 5.74) is 2.31. The molecule has 4 nitrogen and oxygen atoms in total. The molecule has 28 heavy (non-hydrogen) atoms. The van der Waals surface area contributed by atoms with Crippen molar-refractivity contribution >= 4 is 22.5 Å². The summed E-state index contributed by atoms with van der Waals surface area (Å²) in [5, 5.41) is 9.15. The summed E-state index contributed by atoms with van der Waals surface area (Å²) in [5.74, 6) is -0.370. The number of para-hydroxylation sites is 1. The maximum atomic E-state index is 11.9. The third kappa shape index (κ3) is 4.43. The van der Waals surface area contributed by atoms with Gasteiger partial charge in [-0.25, -0.2) is 4.79 Å². The van der Waals surface area contributed by atoms with Crippen LogP contribution in [0.3, 0.4) is 0 Å². The van der Waals surface area contributed by atoms with Crippen molar-refractivity contribution in [3.8, 4) is 11.3 Å². The number of carbonyl (C=O) groups is 1. The highest BCUT2D eigenvalue weighted by Gasteiger charge is 2.05. The van der Waals surface area contributed by atoms with E-state index in [1.165, 1.54) is 6.07 Å². The molecule has 0 saturated heterocycles. The quantitative estimate of drug-likeness (QED) is 0.501. The molecule has 1 heterocycles. The molecular formula is C24H18O4. The SMILES string of the molecule is C=C(C(=O)O)c1ccccc1.O=c1cc(-c2ccccc2)oc2ccccc12. The first-order chi connectivity index (χ1) is 13.6. The number of hydrogen-bond donors (Lipinski definition) is 1. The Morgan fingerprint density at radius 3 is 2.04 bits per heavy atom. The summed E-state index contributed by atoms with van der Waals surface area (Å²) < 4.78 is 5.73. The average Bonchev–Trinajstić information content (AvgIpc) is 2.75. The topological polar surface area (TPSA) is 67.5 Å². The van der Waals surface area contributed by atoms with Gasteiger partial charge in [-0.15, -0.1) is 0 Å². The van der Waals surface area contributed by atoms with E-state index < -0.39 is 5.97 Å². The lowest BCUT2D eigenvalue weighted by Gasteiger charge is -2.02. The van der Waals surface area contributed by atoms with E-state index in [0.717, 1.165) is 5.56 Å². The molecule has 0 fully saturated rings. The lowest BCUT2D eigenvalue weighted by atomic mass is 10.1. The second-order valence-electron chi connectivity index (χ2n) is 5.99. The van der Waals surface area contributed by atoms with E-state index in [-0.39, 0.29) is 11.0 Å². The lowest BCUT2D eigenvalue weighted by Crippen LogP contribution is -1.99. The third-order valence-electron chi connectivity index (χ3n) is 4.07. The van der Waals surface area contributed by atoms with Gasteiger partial charge in [0.25, 0.3) is 0 Å². The van der Waals surface area contributed by atoms with Gasteiger partial charge in [0.05, 0.1) is 11.0 Å². The standard InChI is InChI=1S/C15H10O2.C9H8O2/c16-13-10-15(11-6-2-1-3-7-11)17-14-9-5-4-8-12(13)14;1-7(9(10)11)8-5-3-2-4-6-8/h1-10H;2-6H,1H2,(H,10,11). The first-order valence-electron chi connectivity index (χ1n) is 8.62. The van der Waals surface area contributed by atoms with Gasteiger partial charge in [0.15, 0.2) is 5.43 Å². The van der Waals surface area contributed by atoms with Crippen LogP contribution in [-0.2, 0) is 4.79 Å². The molecule has 0 unspecified atom stereocenters. The van der Waals surface area contributed by atoms with Crippen molar-refractivity contribution in [2.75, 3.05) is 0 Å². The summed E-state index contributed by atoms with van der Waals surface area (Å²) in [4.78, 5) is 22.3. The Bertz CT molecular complexity index is 1160. The Hall–Kier alpha value is -3.92. The molecule has 0 atom stereocenters. The fourth-order valence-corrected chi connectivity index (χ4v) is 2.61. The Kier molecular flexibility index (Phi) is 5.82. The summed E-state index contributed by atoms with van der Waals surface area (Å²) in [6.45, 7) is 3.42. The van der Waals surface area contributed by atoms with Crippen LogP contribution in [0.4, 0.5) is 0 Å². The van der Waals surface area contributed by atoms with Gasteiger partial charge in [0.2, 0.25) is 0 Å². The maximum Gasteiger partial charge on any atom is 0.335 e. The summed E-state index contributed by atoms with van der Waals surface area (Å²) >= 11 is 0. The van der Waals surface area contributed by atoms with Gasteiger partial charge >= 0.3 is 5.97 Å². The number of carboxylic acid groups (broad SMARTS) is 1. The van der Waals surface area contributed by atoms with Crippen LogP contribution in [0.2, 0.25) is 0 Å². The Balaban J connectivity index is 0.000000178. The van der Waals surface area contributed by atoms with Crippen LogP contribution in [0.5, 0.6) is 0 Å². The predicted octanol–water partition coefficient (Wildman–Crippen LogP) is 5.24. The fourth-order valence-electron chi connectivity index (χ4n) is 2.61. The number of aliphatic carboxylic acids is 1. The fraction of sp³-hybridized carbons (Fsp3) is 0. The first kappa shape index (κ1) is 18.9. The van der Waals surface area contributed by atoms with Crippen molar-refractivity contribution in [3.05, 3.63) is 113 Å². The highest BCUT2D eigenvalue weighted by Crippen LogP contribution is 2.21. The summed E-state index contributed by atoms with van der Waals surface area (Å²) in [6, 6.07) is 27.3. The van der Waals surface area contributed by atoms with Crippen molar-refractivity contribution in [3.63, 3.8) is 0 Å². The van der Waals surface area contributed by atoms with E-state index in [1.807, 2.05) is 54.6 Å². The number of fused-ring (bicyclic) bond motifs is 1. The maximum absolute atomic E-state index is 11.9. The highest BCUT2D eigenvalue weighted by atomic mass is 16.4. The second kappa shape index (κ2) is 8.64. The molecule has 4 aromatic rings. The average molecular weight is 370 g/mol. The molecule has 138 valence electrons. The minimum Gasteiger partial charge on any atom is -0.478 e. The smallest absolute Gasteiger partial charge is 0.335 e. The Morgan fingerprint density at radius 2 is 1.39 bits per heavy atom. The molecule has 4 rings (SSSR count). The summed E-state index contributed by atoms with van der Waals surface area (Å²) in [7, 11) is 0. The van der Waals surface area contributed by atoms with Gasteiger partial charge in [0.1, 0.15) is 11.3 Å².